The van der Waals surface area contributed by atoms with E-state index in [0.717, 1.165) is 18.9 Å². The Morgan fingerprint density at radius 3 is 1.50 bits per heavy atom. The van der Waals surface area contributed by atoms with E-state index in [0.29, 0.717) is 38.5 Å². The summed E-state index contributed by atoms with van der Waals surface area (Å²) in [6.07, 6.45) is -0.765. The number of fused-ring (bicyclic) bond motifs is 2. The van der Waals surface area contributed by atoms with Crippen LogP contribution in [0.5, 0.6) is 11.5 Å². The van der Waals surface area contributed by atoms with Crippen molar-refractivity contribution in [2.24, 2.45) is 0 Å². The first-order chi connectivity index (χ1) is 22.0. The lowest BCUT2D eigenvalue weighted by molar-refractivity contribution is -0.138. The summed E-state index contributed by atoms with van der Waals surface area (Å²) in [5.74, 6) is -4.49. The number of hydrogen-bond acceptors (Lipinski definition) is 9. The number of rotatable bonds is 16. The van der Waals surface area contributed by atoms with Gasteiger partial charge >= 0.3 is 30.1 Å². The second-order valence-corrected chi connectivity index (χ2v) is 10.9. The number of unbranched alkanes of at least 4 members (excludes halogenated alkanes) is 4. The molecule has 0 unspecified atom stereocenters. The monoisotopic (exact) mass is 650 g/mol. The van der Waals surface area contributed by atoms with Crippen LogP contribution in [0.25, 0.3) is 0 Å². The number of carbonyl (C=O) groups is 4. The molecular weight excluding hydrogens is 609 g/mol. The van der Waals surface area contributed by atoms with Crippen molar-refractivity contribution >= 4 is 23.9 Å². The Balaban J connectivity index is 2.20. The van der Waals surface area contributed by atoms with Crippen molar-refractivity contribution in [3.63, 3.8) is 0 Å². The lowest BCUT2D eigenvalue weighted by Gasteiger charge is -2.27. The molecule has 0 saturated carbocycles. The van der Waals surface area contributed by atoms with E-state index >= 15 is 0 Å². The van der Waals surface area contributed by atoms with Gasteiger partial charge < -0.3 is 23.7 Å². The molecule has 0 fully saturated rings. The molecule has 0 N–H and O–H groups in total. The zero-order valence-electron chi connectivity index (χ0n) is 26.7. The van der Waals surface area contributed by atoms with Crippen LogP contribution in [0.3, 0.4) is 0 Å². The predicted octanol–water partition coefficient (Wildman–Crippen LogP) is 8.23. The van der Waals surface area contributed by atoms with Crippen LogP contribution < -0.4 is 4.74 Å². The molecule has 12 heteroatoms. The van der Waals surface area contributed by atoms with Crippen LogP contribution >= 0.6 is 0 Å². The summed E-state index contributed by atoms with van der Waals surface area (Å²) >= 11 is 0. The first kappa shape index (κ1) is 36.4. The second-order valence-electron chi connectivity index (χ2n) is 10.9. The molecule has 1 aliphatic rings. The van der Waals surface area contributed by atoms with E-state index in [9.17, 15) is 32.3 Å². The van der Waals surface area contributed by atoms with Gasteiger partial charge in [-0.2, -0.15) is 13.2 Å². The minimum absolute atomic E-state index is 0.0169. The Kier molecular flexibility index (Phi) is 13.4. The lowest BCUT2D eigenvalue weighted by atomic mass is 9.88. The van der Waals surface area contributed by atoms with Gasteiger partial charge in [-0.25, -0.2) is 19.2 Å². The molecule has 0 aliphatic carbocycles. The molecule has 1 aliphatic heterocycles. The third kappa shape index (κ3) is 9.01. The van der Waals surface area contributed by atoms with E-state index in [1.54, 1.807) is 0 Å². The van der Waals surface area contributed by atoms with Gasteiger partial charge in [0.15, 0.2) is 0 Å². The molecule has 2 aromatic rings. The van der Waals surface area contributed by atoms with Crippen molar-refractivity contribution in [3.05, 3.63) is 57.1 Å². The van der Waals surface area contributed by atoms with Crippen LogP contribution in [0.1, 0.15) is 137 Å². The third-order valence-corrected chi connectivity index (χ3v) is 7.25. The maximum absolute atomic E-state index is 14.9. The SMILES string of the molecule is CCCCOC(=O)c1cc2c(cc1C(=O)OCCCC)Oc1cc(C(=O)OCCCC)c(C(=O)OCCCC)c(C(F)(F)F)c1C2. The number of ether oxygens (including phenoxy) is 5. The lowest BCUT2D eigenvalue weighted by Crippen LogP contribution is -2.25. The molecule has 0 radical (unpaired) electrons. The molecule has 0 aromatic heterocycles. The number of halogens is 3. The van der Waals surface area contributed by atoms with E-state index in [1.807, 2.05) is 27.7 Å². The van der Waals surface area contributed by atoms with Crippen LogP contribution in [0.2, 0.25) is 0 Å². The topological polar surface area (TPSA) is 114 Å². The number of benzene rings is 2. The molecule has 46 heavy (non-hydrogen) atoms. The van der Waals surface area contributed by atoms with Gasteiger partial charge in [-0.1, -0.05) is 53.4 Å². The van der Waals surface area contributed by atoms with E-state index in [1.165, 1.54) is 12.1 Å². The molecule has 9 nitrogen and oxygen atoms in total. The molecule has 0 atom stereocenters. The molecule has 0 spiro atoms. The predicted molar refractivity (Wildman–Crippen MR) is 162 cm³/mol. The third-order valence-electron chi connectivity index (χ3n) is 7.25. The standard InChI is InChI=1S/C34H41F3O9/c1-5-9-13-42-30(38)22-17-21-18-24-27(46-26(21)19-23(22)31(39)43-14-10-6-2)20-25(32(40)44-15-11-7-3)28(29(24)34(35,36)37)33(41)45-16-12-8-4/h17,19-20H,5-16,18H2,1-4H3. The normalized spacial score (nSPS) is 12.0. The van der Waals surface area contributed by atoms with Crippen LogP contribution in [0.4, 0.5) is 13.2 Å². The van der Waals surface area contributed by atoms with Gasteiger partial charge in [0.1, 0.15) is 11.5 Å². The maximum atomic E-state index is 14.9. The Bertz CT molecular complexity index is 1420. The van der Waals surface area contributed by atoms with Gasteiger partial charge in [0, 0.05) is 17.5 Å². The summed E-state index contributed by atoms with van der Waals surface area (Å²) in [4.78, 5) is 52.4. The molecule has 0 saturated heterocycles. The van der Waals surface area contributed by atoms with Crippen LogP contribution in [-0.4, -0.2) is 50.3 Å². The van der Waals surface area contributed by atoms with Gasteiger partial charge in [0.25, 0.3) is 0 Å². The zero-order valence-corrected chi connectivity index (χ0v) is 26.7. The smallest absolute Gasteiger partial charge is 0.417 e. The summed E-state index contributed by atoms with van der Waals surface area (Å²) in [5, 5.41) is 0. The highest BCUT2D eigenvalue weighted by Crippen LogP contribution is 2.47. The van der Waals surface area contributed by atoms with E-state index < -0.39 is 58.7 Å². The fourth-order valence-corrected chi connectivity index (χ4v) is 4.70. The van der Waals surface area contributed by atoms with E-state index in [-0.39, 0.29) is 54.6 Å². The average Bonchev–Trinajstić information content (AvgIpc) is 3.02. The first-order valence-electron chi connectivity index (χ1n) is 15.8. The largest absolute Gasteiger partial charge is 0.462 e. The van der Waals surface area contributed by atoms with Crippen molar-refractivity contribution in [2.45, 2.75) is 91.7 Å². The quantitative estimate of drug-likeness (QED) is 0.0859. The number of carbonyl (C=O) groups excluding carboxylic acids is 4. The summed E-state index contributed by atoms with van der Waals surface area (Å²) in [7, 11) is 0. The maximum Gasteiger partial charge on any atom is 0.417 e. The molecule has 1 heterocycles. The van der Waals surface area contributed by atoms with Crippen LogP contribution in [0, 0.1) is 0 Å². The molecule has 0 bridgehead atoms. The Morgan fingerprint density at radius 2 is 1.04 bits per heavy atom. The highest BCUT2D eigenvalue weighted by molar-refractivity contribution is 6.06. The zero-order chi connectivity index (χ0) is 33.9. The van der Waals surface area contributed by atoms with Crippen LogP contribution in [0.15, 0.2) is 18.2 Å². The van der Waals surface area contributed by atoms with Gasteiger partial charge in [-0.05, 0) is 43.9 Å². The van der Waals surface area contributed by atoms with Crippen LogP contribution in [-0.2, 0) is 31.5 Å². The summed E-state index contributed by atoms with van der Waals surface area (Å²) in [6, 6.07) is 3.50. The van der Waals surface area contributed by atoms with Gasteiger partial charge in [-0.15, -0.1) is 0 Å². The minimum atomic E-state index is -5.12. The second kappa shape index (κ2) is 17.0. The molecular formula is C34H41F3O9. The van der Waals surface area contributed by atoms with Crippen molar-refractivity contribution in [3.8, 4) is 11.5 Å². The van der Waals surface area contributed by atoms with Crippen molar-refractivity contribution in [1.29, 1.82) is 0 Å². The van der Waals surface area contributed by atoms with Gasteiger partial charge in [0.05, 0.1) is 54.2 Å². The molecule has 0 amide bonds. The van der Waals surface area contributed by atoms with Crippen molar-refractivity contribution in [1.82, 2.24) is 0 Å². The fourth-order valence-electron chi connectivity index (χ4n) is 4.70. The summed E-state index contributed by atoms with van der Waals surface area (Å²) in [5.41, 5.74) is -3.67. The highest BCUT2D eigenvalue weighted by Gasteiger charge is 2.44. The number of hydrogen-bond donors (Lipinski definition) is 0. The summed E-state index contributed by atoms with van der Waals surface area (Å²) in [6.45, 7) is 7.44. The van der Waals surface area contributed by atoms with Crippen molar-refractivity contribution in [2.75, 3.05) is 26.4 Å². The molecule has 3 rings (SSSR count). The van der Waals surface area contributed by atoms with Gasteiger partial charge in [0.2, 0.25) is 0 Å². The number of esters is 4. The fraction of sp³-hybridized carbons (Fsp3) is 0.529. The average molecular weight is 651 g/mol. The first-order valence-corrected chi connectivity index (χ1v) is 15.8. The van der Waals surface area contributed by atoms with Gasteiger partial charge in [-0.3, -0.25) is 0 Å². The minimum Gasteiger partial charge on any atom is -0.462 e. The number of alkyl halides is 3. The Hall–Kier alpha value is -4.09. The summed E-state index contributed by atoms with van der Waals surface area (Å²) < 4.78 is 71.5. The molecule has 252 valence electrons. The van der Waals surface area contributed by atoms with E-state index in [4.69, 9.17) is 23.7 Å². The Morgan fingerprint density at radius 1 is 0.630 bits per heavy atom. The Labute approximate surface area is 266 Å². The molecule has 2 aromatic carbocycles. The highest BCUT2D eigenvalue weighted by atomic mass is 19.4. The van der Waals surface area contributed by atoms with Crippen molar-refractivity contribution < 1.29 is 56.0 Å². The van der Waals surface area contributed by atoms with E-state index in [2.05, 4.69) is 0 Å².